The van der Waals surface area contributed by atoms with Gasteiger partial charge in [0.15, 0.2) is 10.6 Å². The number of rotatable bonds is 6. The predicted octanol–water partition coefficient (Wildman–Crippen LogP) is 4.32. The third-order valence-corrected chi connectivity index (χ3v) is 6.47. The Bertz CT molecular complexity index is 1000. The number of aromatic amines is 1. The van der Waals surface area contributed by atoms with Crippen LogP contribution in [-0.4, -0.2) is 45.7 Å². The van der Waals surface area contributed by atoms with Gasteiger partial charge in [0.05, 0.1) is 4.88 Å². The number of carbonyl (C=O) groups is 1. The second kappa shape index (κ2) is 8.92. The Kier molecular flexibility index (Phi) is 6.10. The molecule has 6 nitrogen and oxygen atoms in total. The molecule has 2 aromatic heterocycles. The Labute approximate surface area is 179 Å². The smallest absolute Gasteiger partial charge is 0.242 e. The summed E-state index contributed by atoms with van der Waals surface area (Å²) in [6.45, 7) is 3.01. The van der Waals surface area contributed by atoms with Crippen LogP contribution in [0.15, 0.2) is 41.8 Å². The molecule has 1 aromatic carbocycles. The van der Waals surface area contributed by atoms with Crippen LogP contribution in [0.2, 0.25) is 0 Å². The molecule has 0 saturated carbocycles. The lowest BCUT2D eigenvalue weighted by Gasteiger charge is -2.29. The SMILES string of the molecule is CN(Cc1ccc(N2CCCCC2)cc1)C(=O)Cn1c(-c2cccs2)n[nH]c1=S. The summed E-state index contributed by atoms with van der Waals surface area (Å²) < 4.78 is 2.22. The van der Waals surface area contributed by atoms with Crippen molar-refractivity contribution in [2.75, 3.05) is 25.0 Å². The first kappa shape index (κ1) is 19.8. The van der Waals surface area contributed by atoms with Crippen LogP contribution in [-0.2, 0) is 17.9 Å². The van der Waals surface area contributed by atoms with E-state index in [-0.39, 0.29) is 12.5 Å². The van der Waals surface area contributed by atoms with E-state index in [0.29, 0.717) is 17.1 Å². The molecule has 0 unspecified atom stereocenters. The van der Waals surface area contributed by atoms with Crippen LogP contribution in [0.5, 0.6) is 0 Å². The first-order valence-electron chi connectivity index (χ1n) is 9.89. The number of hydrogen-bond acceptors (Lipinski definition) is 5. The number of H-pyrrole nitrogens is 1. The van der Waals surface area contributed by atoms with E-state index in [1.54, 1.807) is 20.8 Å². The number of anilines is 1. The number of thiophene rings is 1. The van der Waals surface area contributed by atoms with Gasteiger partial charge in [-0.15, -0.1) is 11.3 Å². The van der Waals surface area contributed by atoms with Crippen LogP contribution in [0.1, 0.15) is 24.8 Å². The maximum Gasteiger partial charge on any atom is 0.242 e. The van der Waals surface area contributed by atoms with Crippen molar-refractivity contribution in [3.63, 3.8) is 0 Å². The molecule has 0 spiro atoms. The second-order valence-electron chi connectivity index (χ2n) is 7.38. The summed E-state index contributed by atoms with van der Waals surface area (Å²) in [6.07, 6.45) is 3.86. The lowest BCUT2D eigenvalue weighted by atomic mass is 10.1. The van der Waals surface area contributed by atoms with Crippen LogP contribution < -0.4 is 4.90 Å². The summed E-state index contributed by atoms with van der Waals surface area (Å²) in [7, 11) is 1.83. The van der Waals surface area contributed by atoms with Crippen LogP contribution in [0.4, 0.5) is 5.69 Å². The zero-order valence-corrected chi connectivity index (χ0v) is 18.1. The molecule has 3 aromatic rings. The summed E-state index contributed by atoms with van der Waals surface area (Å²) in [5, 5.41) is 9.08. The zero-order chi connectivity index (χ0) is 20.2. The van der Waals surface area contributed by atoms with E-state index in [4.69, 9.17) is 12.2 Å². The van der Waals surface area contributed by atoms with Gasteiger partial charge in [-0.2, -0.15) is 5.10 Å². The minimum absolute atomic E-state index is 0.000383. The van der Waals surface area contributed by atoms with Gasteiger partial charge in [-0.1, -0.05) is 18.2 Å². The van der Waals surface area contributed by atoms with Crippen LogP contribution in [0.3, 0.4) is 0 Å². The molecule has 0 atom stereocenters. The molecule has 1 amide bonds. The number of carbonyl (C=O) groups excluding carboxylic acids is 1. The molecule has 0 aliphatic carbocycles. The Morgan fingerprint density at radius 3 is 2.66 bits per heavy atom. The van der Waals surface area contributed by atoms with Crippen LogP contribution in [0, 0.1) is 4.77 Å². The molecule has 0 radical (unpaired) electrons. The summed E-state index contributed by atoms with van der Waals surface area (Å²) >= 11 is 6.91. The van der Waals surface area contributed by atoms with E-state index in [1.807, 2.05) is 24.6 Å². The number of benzene rings is 1. The average Bonchev–Trinajstić information content (AvgIpc) is 3.39. The summed E-state index contributed by atoms with van der Waals surface area (Å²) in [5.41, 5.74) is 2.39. The van der Waals surface area contributed by atoms with Gasteiger partial charge in [-0.25, -0.2) is 0 Å². The number of piperidine rings is 1. The first-order valence-corrected chi connectivity index (χ1v) is 11.2. The number of nitrogens with zero attached hydrogens (tertiary/aromatic N) is 4. The molecule has 1 fully saturated rings. The molecule has 152 valence electrons. The van der Waals surface area contributed by atoms with Crippen molar-refractivity contribution in [3.8, 4) is 10.7 Å². The van der Waals surface area contributed by atoms with Gasteiger partial charge in [-0.05, 0) is 60.6 Å². The normalized spacial score (nSPS) is 14.2. The van der Waals surface area contributed by atoms with Gasteiger partial charge in [0.25, 0.3) is 0 Å². The van der Waals surface area contributed by atoms with Gasteiger partial charge in [0.2, 0.25) is 5.91 Å². The third kappa shape index (κ3) is 4.59. The van der Waals surface area contributed by atoms with E-state index < -0.39 is 0 Å². The Morgan fingerprint density at radius 1 is 1.21 bits per heavy atom. The van der Waals surface area contributed by atoms with E-state index in [2.05, 4.69) is 39.4 Å². The van der Waals surface area contributed by atoms with Gasteiger partial charge in [-0.3, -0.25) is 14.5 Å². The number of nitrogens with one attached hydrogen (secondary N) is 1. The molecule has 1 aliphatic heterocycles. The summed E-state index contributed by atoms with van der Waals surface area (Å²) in [4.78, 5) is 18.0. The highest BCUT2D eigenvalue weighted by Crippen LogP contribution is 2.23. The Hall–Kier alpha value is -2.45. The van der Waals surface area contributed by atoms with Crippen LogP contribution in [0.25, 0.3) is 10.7 Å². The van der Waals surface area contributed by atoms with Crippen LogP contribution >= 0.6 is 23.6 Å². The molecular formula is C21H25N5OS2. The van der Waals surface area contributed by atoms with Gasteiger partial charge in [0.1, 0.15) is 6.54 Å². The van der Waals surface area contributed by atoms with Crippen molar-refractivity contribution in [1.82, 2.24) is 19.7 Å². The summed E-state index contributed by atoms with van der Waals surface area (Å²) in [6, 6.07) is 12.5. The van der Waals surface area contributed by atoms with Gasteiger partial charge in [0, 0.05) is 32.4 Å². The zero-order valence-electron chi connectivity index (χ0n) is 16.5. The largest absolute Gasteiger partial charge is 0.372 e. The first-order chi connectivity index (χ1) is 14.1. The van der Waals surface area contributed by atoms with Crippen molar-refractivity contribution in [2.45, 2.75) is 32.4 Å². The minimum Gasteiger partial charge on any atom is -0.372 e. The van der Waals surface area contributed by atoms with E-state index >= 15 is 0 Å². The van der Waals surface area contributed by atoms with Gasteiger partial charge < -0.3 is 9.80 Å². The number of likely N-dealkylation sites (N-methyl/N-ethyl adjacent to an activating group) is 1. The molecular weight excluding hydrogens is 402 g/mol. The van der Waals surface area contributed by atoms with E-state index in [1.165, 1.54) is 24.9 Å². The van der Waals surface area contributed by atoms with E-state index in [9.17, 15) is 4.79 Å². The highest BCUT2D eigenvalue weighted by atomic mass is 32.1. The lowest BCUT2D eigenvalue weighted by Crippen LogP contribution is -2.30. The maximum atomic E-state index is 12.8. The monoisotopic (exact) mass is 427 g/mol. The molecule has 1 aliphatic rings. The fourth-order valence-electron chi connectivity index (χ4n) is 3.64. The standard InChI is InChI=1S/C21H25N5OS2/c1-24(14-16-7-9-17(10-8-16)25-11-3-2-4-12-25)19(27)15-26-20(22-23-21(26)28)18-6-5-13-29-18/h5-10,13H,2-4,11-12,14-15H2,1H3,(H,23,28). The quantitative estimate of drug-likeness (QED) is 0.596. The topological polar surface area (TPSA) is 57.2 Å². The molecule has 4 rings (SSSR count). The molecule has 8 heteroatoms. The van der Waals surface area contributed by atoms with Gasteiger partial charge >= 0.3 is 0 Å². The van der Waals surface area contributed by atoms with Crippen molar-refractivity contribution in [3.05, 3.63) is 52.1 Å². The number of hydrogen-bond donors (Lipinski definition) is 1. The lowest BCUT2D eigenvalue weighted by molar-refractivity contribution is -0.131. The maximum absolute atomic E-state index is 12.8. The Morgan fingerprint density at radius 2 is 1.97 bits per heavy atom. The summed E-state index contributed by atoms with van der Waals surface area (Å²) in [5.74, 6) is 0.707. The fraction of sp³-hybridized carbons (Fsp3) is 0.381. The van der Waals surface area contributed by atoms with Crippen molar-refractivity contribution >= 4 is 35.1 Å². The number of amides is 1. The molecule has 1 N–H and O–H groups in total. The fourth-order valence-corrected chi connectivity index (χ4v) is 4.56. The van der Waals surface area contributed by atoms with E-state index in [0.717, 1.165) is 23.5 Å². The van der Waals surface area contributed by atoms with Crippen molar-refractivity contribution < 1.29 is 4.79 Å². The Balaban J connectivity index is 1.40. The molecule has 3 heterocycles. The predicted molar refractivity (Wildman–Crippen MR) is 120 cm³/mol. The molecule has 29 heavy (non-hydrogen) atoms. The third-order valence-electron chi connectivity index (χ3n) is 5.30. The number of aromatic nitrogens is 3. The minimum atomic E-state index is 0.000383. The highest BCUT2D eigenvalue weighted by Gasteiger charge is 2.16. The van der Waals surface area contributed by atoms with Crippen molar-refractivity contribution in [1.29, 1.82) is 0 Å². The molecule has 1 saturated heterocycles. The second-order valence-corrected chi connectivity index (χ2v) is 8.71. The average molecular weight is 428 g/mol. The molecule has 0 bridgehead atoms. The highest BCUT2D eigenvalue weighted by molar-refractivity contribution is 7.71. The van der Waals surface area contributed by atoms with Crippen molar-refractivity contribution in [2.24, 2.45) is 0 Å².